The van der Waals surface area contributed by atoms with E-state index in [1.807, 2.05) is 0 Å². The predicted molar refractivity (Wildman–Crippen MR) is 61.7 cm³/mol. The number of benzene rings is 1. The van der Waals surface area contributed by atoms with Crippen LogP contribution in [0.3, 0.4) is 0 Å². The van der Waals surface area contributed by atoms with Gasteiger partial charge >= 0.3 is 0 Å². The standard InChI is InChI=1S/C12H6BrNO2/c13-7-5-10-11(15)8-3-1-2-4-9(8)12(16)14(10)6-7/h1-6H. The molecule has 4 heteroatoms. The Bertz CT molecular complexity index is 575. The van der Waals surface area contributed by atoms with E-state index in [9.17, 15) is 9.59 Å². The van der Waals surface area contributed by atoms with Gasteiger partial charge in [-0.25, -0.2) is 0 Å². The summed E-state index contributed by atoms with van der Waals surface area (Å²) in [4.78, 5) is 24.1. The van der Waals surface area contributed by atoms with Gasteiger partial charge < -0.3 is 0 Å². The van der Waals surface area contributed by atoms with Gasteiger partial charge in [-0.05, 0) is 28.1 Å². The second-order valence-corrected chi connectivity index (χ2v) is 4.51. The van der Waals surface area contributed by atoms with E-state index in [-0.39, 0.29) is 11.7 Å². The summed E-state index contributed by atoms with van der Waals surface area (Å²) in [6, 6.07) is 8.54. The maximum atomic E-state index is 12.1. The minimum absolute atomic E-state index is 0.110. The van der Waals surface area contributed by atoms with Crippen LogP contribution in [-0.2, 0) is 0 Å². The first-order valence-electron chi connectivity index (χ1n) is 4.75. The second kappa shape index (κ2) is 3.15. The van der Waals surface area contributed by atoms with Crippen LogP contribution in [-0.4, -0.2) is 16.3 Å². The number of halogens is 1. The van der Waals surface area contributed by atoms with Crippen molar-refractivity contribution in [3.63, 3.8) is 0 Å². The van der Waals surface area contributed by atoms with E-state index in [0.29, 0.717) is 16.8 Å². The normalized spacial score (nSPS) is 13.6. The fraction of sp³-hybridized carbons (Fsp3) is 0. The van der Waals surface area contributed by atoms with Crippen molar-refractivity contribution in [2.45, 2.75) is 0 Å². The fourth-order valence-electron chi connectivity index (χ4n) is 1.91. The molecule has 0 fully saturated rings. The van der Waals surface area contributed by atoms with Crippen molar-refractivity contribution in [3.8, 4) is 0 Å². The first kappa shape index (κ1) is 9.54. The molecule has 16 heavy (non-hydrogen) atoms. The Morgan fingerprint density at radius 3 is 2.50 bits per heavy atom. The number of nitrogens with zero attached hydrogens (tertiary/aromatic N) is 1. The number of fused-ring (bicyclic) bond motifs is 2. The van der Waals surface area contributed by atoms with E-state index in [1.165, 1.54) is 4.57 Å². The Labute approximate surface area is 99.8 Å². The minimum Gasteiger partial charge on any atom is -0.287 e. The predicted octanol–water partition coefficient (Wildman–Crippen LogP) is 2.48. The molecule has 0 unspecified atom stereocenters. The molecule has 1 aliphatic rings. The van der Waals surface area contributed by atoms with Gasteiger partial charge in [0.1, 0.15) is 0 Å². The lowest BCUT2D eigenvalue weighted by Crippen LogP contribution is -2.25. The third kappa shape index (κ3) is 1.13. The highest BCUT2D eigenvalue weighted by Gasteiger charge is 2.29. The van der Waals surface area contributed by atoms with Gasteiger partial charge in [-0.3, -0.25) is 14.2 Å². The van der Waals surface area contributed by atoms with Gasteiger partial charge in [0, 0.05) is 16.2 Å². The van der Waals surface area contributed by atoms with E-state index in [0.717, 1.165) is 4.47 Å². The molecule has 2 aromatic rings. The summed E-state index contributed by atoms with van der Waals surface area (Å²) in [6.45, 7) is 0. The van der Waals surface area contributed by atoms with Crippen LogP contribution in [0.2, 0.25) is 0 Å². The highest BCUT2D eigenvalue weighted by Crippen LogP contribution is 2.25. The third-order valence-corrected chi connectivity index (χ3v) is 3.07. The molecule has 0 saturated heterocycles. The number of carbonyl (C=O) groups excluding carboxylic acids is 2. The Morgan fingerprint density at radius 1 is 1.06 bits per heavy atom. The van der Waals surface area contributed by atoms with Gasteiger partial charge in [0.25, 0.3) is 5.91 Å². The van der Waals surface area contributed by atoms with E-state index < -0.39 is 0 Å². The second-order valence-electron chi connectivity index (χ2n) is 3.59. The fourth-order valence-corrected chi connectivity index (χ4v) is 2.33. The lowest BCUT2D eigenvalue weighted by Gasteiger charge is -2.15. The van der Waals surface area contributed by atoms with Gasteiger partial charge in [-0.2, -0.15) is 0 Å². The van der Waals surface area contributed by atoms with Crippen LogP contribution in [0.1, 0.15) is 26.4 Å². The van der Waals surface area contributed by atoms with Crippen LogP contribution >= 0.6 is 15.9 Å². The van der Waals surface area contributed by atoms with E-state index in [2.05, 4.69) is 15.9 Å². The average molecular weight is 276 g/mol. The molecular weight excluding hydrogens is 270 g/mol. The first-order valence-corrected chi connectivity index (χ1v) is 5.54. The molecule has 0 N–H and O–H groups in total. The average Bonchev–Trinajstić information content (AvgIpc) is 2.68. The maximum absolute atomic E-state index is 12.1. The molecule has 1 aromatic heterocycles. The number of carbonyl (C=O) groups is 2. The lowest BCUT2D eigenvalue weighted by atomic mass is 9.98. The maximum Gasteiger partial charge on any atom is 0.263 e. The SMILES string of the molecule is O=C1c2ccccc2C(=O)n2cc(Br)cc21. The molecule has 0 saturated carbocycles. The van der Waals surface area contributed by atoms with Crippen LogP contribution < -0.4 is 0 Å². The number of aromatic nitrogens is 1. The van der Waals surface area contributed by atoms with Gasteiger partial charge in [-0.15, -0.1) is 0 Å². The van der Waals surface area contributed by atoms with Gasteiger partial charge in [0.2, 0.25) is 5.78 Å². The molecule has 0 amide bonds. The minimum atomic E-state index is -0.157. The quantitative estimate of drug-likeness (QED) is 0.632. The molecule has 0 spiro atoms. The molecule has 3 nitrogen and oxygen atoms in total. The number of hydrogen-bond donors (Lipinski definition) is 0. The molecule has 0 radical (unpaired) electrons. The van der Waals surface area contributed by atoms with Crippen LogP contribution in [0.5, 0.6) is 0 Å². The number of hydrogen-bond acceptors (Lipinski definition) is 2. The summed E-state index contributed by atoms with van der Waals surface area (Å²) in [7, 11) is 0. The molecule has 2 heterocycles. The van der Waals surface area contributed by atoms with Crippen molar-refractivity contribution in [1.29, 1.82) is 0 Å². The molecule has 0 atom stereocenters. The molecule has 3 rings (SSSR count). The summed E-state index contributed by atoms with van der Waals surface area (Å²) < 4.78 is 2.12. The monoisotopic (exact) mass is 275 g/mol. The van der Waals surface area contributed by atoms with E-state index in [4.69, 9.17) is 0 Å². The van der Waals surface area contributed by atoms with Crippen LogP contribution in [0.15, 0.2) is 41.0 Å². The van der Waals surface area contributed by atoms with Crippen molar-refractivity contribution in [2.24, 2.45) is 0 Å². The lowest BCUT2D eigenvalue weighted by molar-refractivity contribution is 0.0910. The smallest absolute Gasteiger partial charge is 0.263 e. The molecule has 0 bridgehead atoms. The number of ketones is 1. The summed E-state index contributed by atoms with van der Waals surface area (Å²) >= 11 is 3.27. The zero-order chi connectivity index (χ0) is 11.3. The van der Waals surface area contributed by atoms with Gasteiger partial charge in [0.05, 0.1) is 11.3 Å². The van der Waals surface area contributed by atoms with E-state index >= 15 is 0 Å². The topological polar surface area (TPSA) is 39.1 Å². The van der Waals surface area contributed by atoms with Crippen LogP contribution in [0, 0.1) is 0 Å². The zero-order valence-corrected chi connectivity index (χ0v) is 9.69. The summed E-state index contributed by atoms with van der Waals surface area (Å²) in [5, 5.41) is 0. The van der Waals surface area contributed by atoms with Crippen LogP contribution in [0.25, 0.3) is 0 Å². The van der Waals surface area contributed by atoms with Crippen molar-refractivity contribution in [2.75, 3.05) is 0 Å². The Hall–Kier alpha value is -1.68. The molecule has 1 aromatic carbocycles. The molecular formula is C12H6BrNO2. The zero-order valence-electron chi connectivity index (χ0n) is 8.11. The van der Waals surface area contributed by atoms with Gasteiger partial charge in [-0.1, -0.05) is 18.2 Å². The van der Waals surface area contributed by atoms with Crippen molar-refractivity contribution in [3.05, 3.63) is 57.8 Å². The summed E-state index contributed by atoms with van der Waals surface area (Å²) in [5.41, 5.74) is 1.35. The molecule has 78 valence electrons. The van der Waals surface area contributed by atoms with Crippen LogP contribution in [0.4, 0.5) is 0 Å². The highest BCUT2D eigenvalue weighted by molar-refractivity contribution is 9.10. The Balaban J connectivity index is 2.34. The highest BCUT2D eigenvalue weighted by atomic mass is 79.9. The van der Waals surface area contributed by atoms with Gasteiger partial charge in [0.15, 0.2) is 0 Å². The molecule has 1 aliphatic heterocycles. The van der Waals surface area contributed by atoms with E-state index in [1.54, 1.807) is 36.5 Å². The van der Waals surface area contributed by atoms with Crippen molar-refractivity contribution < 1.29 is 9.59 Å². The molecule has 0 aliphatic carbocycles. The first-order chi connectivity index (χ1) is 7.68. The van der Waals surface area contributed by atoms with Crippen molar-refractivity contribution >= 4 is 27.6 Å². The van der Waals surface area contributed by atoms with Crippen molar-refractivity contribution in [1.82, 2.24) is 4.57 Å². The Kier molecular flexibility index (Phi) is 1.88. The Morgan fingerprint density at radius 2 is 1.75 bits per heavy atom. The number of rotatable bonds is 0. The third-order valence-electron chi connectivity index (χ3n) is 2.64. The summed E-state index contributed by atoms with van der Waals surface area (Å²) in [6.07, 6.45) is 1.62. The largest absolute Gasteiger partial charge is 0.287 e. The summed E-state index contributed by atoms with van der Waals surface area (Å²) in [5.74, 6) is -0.267.